The minimum absolute atomic E-state index is 0.0267. The number of likely N-dealkylation sites (tertiary alicyclic amines) is 1. The van der Waals surface area contributed by atoms with Crippen LogP contribution in [0, 0.1) is 5.82 Å². The van der Waals surface area contributed by atoms with Crippen LogP contribution in [0.25, 0.3) is 0 Å². The van der Waals surface area contributed by atoms with Crippen molar-refractivity contribution < 1.29 is 12.8 Å². The van der Waals surface area contributed by atoms with Gasteiger partial charge in [-0.05, 0) is 45.0 Å². The fraction of sp³-hybridized carbons (Fsp3) is 0.571. The smallest absolute Gasteiger partial charge is 0.241 e. The third kappa shape index (κ3) is 3.79. The highest BCUT2D eigenvalue weighted by molar-refractivity contribution is 7.89. The van der Waals surface area contributed by atoms with Gasteiger partial charge in [0.05, 0.1) is 4.90 Å². The van der Waals surface area contributed by atoms with Gasteiger partial charge in [0.1, 0.15) is 5.82 Å². The van der Waals surface area contributed by atoms with Crippen molar-refractivity contribution in [3.8, 4) is 0 Å². The monoisotopic (exact) mass is 315 g/mol. The fourth-order valence-electron chi connectivity index (χ4n) is 2.61. The summed E-state index contributed by atoms with van der Waals surface area (Å²) in [6.07, 6.45) is 2.30. The maximum atomic E-state index is 13.6. The third-order valence-electron chi connectivity index (χ3n) is 3.90. The molecule has 1 aliphatic rings. The molecule has 1 heterocycles. The Labute approximate surface area is 125 Å². The van der Waals surface area contributed by atoms with Gasteiger partial charge in [-0.2, -0.15) is 0 Å². The molecule has 1 fully saturated rings. The van der Waals surface area contributed by atoms with Crippen molar-refractivity contribution in [1.82, 2.24) is 9.62 Å². The van der Waals surface area contributed by atoms with Crippen LogP contribution in [0.1, 0.15) is 25.3 Å². The first-order chi connectivity index (χ1) is 9.95. The van der Waals surface area contributed by atoms with Crippen molar-refractivity contribution in [2.75, 3.05) is 19.6 Å². The molecule has 3 N–H and O–H groups in total. The van der Waals surface area contributed by atoms with E-state index in [1.807, 2.05) is 6.92 Å². The predicted molar refractivity (Wildman–Crippen MR) is 79.7 cm³/mol. The molecule has 7 heteroatoms. The maximum Gasteiger partial charge on any atom is 0.241 e. The highest BCUT2D eigenvalue weighted by Gasteiger charge is 2.23. The summed E-state index contributed by atoms with van der Waals surface area (Å²) in [6, 6.07) is 4.10. The van der Waals surface area contributed by atoms with Gasteiger partial charge in [-0.3, -0.25) is 4.90 Å². The minimum Gasteiger partial charge on any atom is -0.326 e. The van der Waals surface area contributed by atoms with Crippen LogP contribution in [0.5, 0.6) is 0 Å². The summed E-state index contributed by atoms with van der Waals surface area (Å²) < 4.78 is 40.9. The Balaban J connectivity index is 2.10. The van der Waals surface area contributed by atoms with Gasteiger partial charge in [-0.15, -0.1) is 0 Å². The van der Waals surface area contributed by atoms with E-state index < -0.39 is 15.8 Å². The van der Waals surface area contributed by atoms with E-state index in [4.69, 9.17) is 5.73 Å². The van der Waals surface area contributed by atoms with Gasteiger partial charge in [0, 0.05) is 24.7 Å². The van der Waals surface area contributed by atoms with Crippen molar-refractivity contribution >= 4 is 10.0 Å². The molecule has 5 nitrogen and oxygen atoms in total. The molecule has 2 rings (SSSR count). The van der Waals surface area contributed by atoms with Gasteiger partial charge in [0.2, 0.25) is 10.0 Å². The van der Waals surface area contributed by atoms with E-state index in [0.29, 0.717) is 6.54 Å². The fourth-order valence-corrected chi connectivity index (χ4v) is 3.99. The maximum absolute atomic E-state index is 13.6. The van der Waals surface area contributed by atoms with Crippen LogP contribution in [-0.2, 0) is 16.6 Å². The number of nitrogens with one attached hydrogen (secondary N) is 1. The third-order valence-corrected chi connectivity index (χ3v) is 5.41. The van der Waals surface area contributed by atoms with E-state index in [-0.39, 0.29) is 23.0 Å². The molecule has 21 heavy (non-hydrogen) atoms. The summed E-state index contributed by atoms with van der Waals surface area (Å²) >= 11 is 0. The molecule has 0 amide bonds. The Morgan fingerprint density at radius 2 is 2.05 bits per heavy atom. The van der Waals surface area contributed by atoms with E-state index >= 15 is 0 Å². The van der Waals surface area contributed by atoms with Crippen LogP contribution < -0.4 is 10.5 Å². The Morgan fingerprint density at radius 1 is 1.38 bits per heavy atom. The Bertz CT molecular complexity index is 586. The minimum atomic E-state index is -3.75. The Morgan fingerprint density at radius 3 is 2.67 bits per heavy atom. The molecule has 1 atom stereocenters. The lowest BCUT2D eigenvalue weighted by atomic mass is 10.2. The van der Waals surface area contributed by atoms with Gasteiger partial charge >= 0.3 is 0 Å². The molecule has 1 saturated heterocycles. The topological polar surface area (TPSA) is 75.4 Å². The van der Waals surface area contributed by atoms with Crippen LogP contribution in [0.4, 0.5) is 4.39 Å². The van der Waals surface area contributed by atoms with Gasteiger partial charge in [-0.1, -0.05) is 6.07 Å². The van der Waals surface area contributed by atoms with Crippen molar-refractivity contribution in [3.63, 3.8) is 0 Å². The zero-order chi connectivity index (χ0) is 15.5. The molecule has 1 aliphatic heterocycles. The van der Waals surface area contributed by atoms with Crippen LogP contribution >= 0.6 is 0 Å². The average Bonchev–Trinajstić information content (AvgIpc) is 2.99. The number of rotatable bonds is 6. The lowest BCUT2D eigenvalue weighted by molar-refractivity contribution is 0.260. The number of halogens is 1. The molecule has 0 saturated carbocycles. The number of hydrogen-bond donors (Lipinski definition) is 2. The van der Waals surface area contributed by atoms with Gasteiger partial charge in [0.15, 0.2) is 0 Å². The molecule has 0 aliphatic carbocycles. The number of hydrogen-bond acceptors (Lipinski definition) is 4. The average molecular weight is 315 g/mol. The largest absolute Gasteiger partial charge is 0.326 e. The number of benzene rings is 1. The van der Waals surface area contributed by atoms with Gasteiger partial charge in [0.25, 0.3) is 0 Å². The summed E-state index contributed by atoms with van der Waals surface area (Å²) in [4.78, 5) is 2.18. The highest BCUT2D eigenvalue weighted by atomic mass is 32.2. The molecule has 0 bridgehead atoms. The summed E-state index contributed by atoms with van der Waals surface area (Å²) in [5.41, 5.74) is 5.49. The highest BCUT2D eigenvalue weighted by Crippen LogP contribution is 2.18. The first kappa shape index (κ1) is 16.4. The van der Waals surface area contributed by atoms with E-state index in [0.717, 1.165) is 25.9 Å². The molecule has 0 radical (unpaired) electrons. The molecule has 1 aromatic carbocycles. The second-order valence-electron chi connectivity index (χ2n) is 5.36. The zero-order valence-electron chi connectivity index (χ0n) is 12.2. The van der Waals surface area contributed by atoms with E-state index in [1.165, 1.54) is 18.2 Å². The molecule has 0 aromatic heterocycles. The lowest BCUT2D eigenvalue weighted by Crippen LogP contribution is -2.40. The van der Waals surface area contributed by atoms with E-state index in [1.54, 1.807) is 0 Å². The summed E-state index contributed by atoms with van der Waals surface area (Å²) in [6.45, 7) is 4.14. The number of nitrogens with two attached hydrogens (primary N) is 1. The molecular weight excluding hydrogens is 293 g/mol. The van der Waals surface area contributed by atoms with Crippen LogP contribution in [0.3, 0.4) is 0 Å². The first-order valence-electron chi connectivity index (χ1n) is 7.17. The van der Waals surface area contributed by atoms with Crippen molar-refractivity contribution in [3.05, 3.63) is 29.6 Å². The summed E-state index contributed by atoms with van der Waals surface area (Å²) in [7, 11) is -3.75. The summed E-state index contributed by atoms with van der Waals surface area (Å²) in [5.74, 6) is -0.590. The van der Waals surface area contributed by atoms with Crippen molar-refractivity contribution in [2.24, 2.45) is 5.73 Å². The van der Waals surface area contributed by atoms with Gasteiger partial charge in [-0.25, -0.2) is 17.5 Å². The SMILES string of the molecule is CC(CNS(=O)(=O)c1cccc(F)c1CN)N1CCCC1. The molecule has 1 aromatic rings. The normalized spacial score (nSPS) is 18.0. The molecule has 118 valence electrons. The molecular formula is C14H22FN3O2S. The van der Waals surface area contributed by atoms with E-state index in [9.17, 15) is 12.8 Å². The van der Waals surface area contributed by atoms with Crippen LogP contribution in [-0.4, -0.2) is 39.0 Å². The second-order valence-corrected chi connectivity index (χ2v) is 7.10. The quantitative estimate of drug-likeness (QED) is 0.823. The number of sulfonamides is 1. The van der Waals surface area contributed by atoms with Gasteiger partial charge < -0.3 is 5.73 Å². The Kier molecular flexibility index (Phi) is 5.32. The standard InChI is InChI=1S/C14H22FN3O2S/c1-11(18-7-2-3-8-18)10-17-21(19,20)14-6-4-5-13(15)12(14)9-16/h4-6,11,17H,2-3,7-10,16H2,1H3. The lowest BCUT2D eigenvalue weighted by Gasteiger charge is -2.24. The first-order valence-corrected chi connectivity index (χ1v) is 8.65. The Hall–Kier alpha value is -1.02. The van der Waals surface area contributed by atoms with Crippen LogP contribution in [0.15, 0.2) is 23.1 Å². The van der Waals surface area contributed by atoms with Crippen molar-refractivity contribution in [2.45, 2.75) is 37.2 Å². The van der Waals surface area contributed by atoms with E-state index in [2.05, 4.69) is 9.62 Å². The summed E-state index contributed by atoms with van der Waals surface area (Å²) in [5, 5.41) is 0. The molecule has 1 unspecified atom stereocenters. The van der Waals surface area contributed by atoms with Crippen LogP contribution in [0.2, 0.25) is 0 Å². The predicted octanol–water partition coefficient (Wildman–Crippen LogP) is 1.05. The number of nitrogens with zero attached hydrogens (tertiary/aromatic N) is 1. The van der Waals surface area contributed by atoms with Crippen molar-refractivity contribution in [1.29, 1.82) is 0 Å². The second kappa shape index (κ2) is 6.83. The zero-order valence-corrected chi connectivity index (χ0v) is 13.0. The molecule has 0 spiro atoms.